The molecule has 2 rings (SSSR count). The Labute approximate surface area is 127 Å². The molecule has 0 fully saturated rings. The third kappa shape index (κ3) is 3.60. The molecule has 108 valence electrons. The monoisotopic (exact) mass is 288 g/mol. The summed E-state index contributed by atoms with van der Waals surface area (Å²) in [5, 5.41) is 0. The fraction of sp³-hybridized carbons (Fsp3) is 0.412. The van der Waals surface area contributed by atoms with Crippen molar-refractivity contribution >= 4 is 17.8 Å². The van der Waals surface area contributed by atoms with Crippen LogP contribution in [0.5, 0.6) is 0 Å². The molecule has 1 aromatic rings. The van der Waals surface area contributed by atoms with Crippen molar-refractivity contribution in [3.05, 3.63) is 54.4 Å². The Morgan fingerprint density at radius 2 is 1.85 bits per heavy atom. The molecule has 2 nitrogen and oxygen atoms in total. The molecule has 3 heteroatoms. The number of benzene rings is 1. The summed E-state index contributed by atoms with van der Waals surface area (Å²) in [5.41, 5.74) is 3.00. The van der Waals surface area contributed by atoms with Gasteiger partial charge >= 0.3 is 0 Å². The molecule has 0 saturated carbocycles. The molecule has 1 atom stereocenters. The van der Waals surface area contributed by atoms with Crippen molar-refractivity contribution < 1.29 is 0 Å². The fourth-order valence-electron chi connectivity index (χ4n) is 2.33. The molecule has 1 unspecified atom stereocenters. The Morgan fingerprint density at radius 1 is 1.15 bits per heavy atom. The van der Waals surface area contributed by atoms with Crippen molar-refractivity contribution in [1.82, 2.24) is 9.80 Å². The lowest BCUT2D eigenvalue weighted by molar-refractivity contribution is 0.240. The summed E-state index contributed by atoms with van der Waals surface area (Å²) in [7, 11) is 0. The molecule has 0 radical (unpaired) electrons. The topological polar surface area (TPSA) is 6.48 Å². The van der Waals surface area contributed by atoms with Gasteiger partial charge in [0.2, 0.25) is 0 Å². The lowest BCUT2D eigenvalue weighted by Crippen LogP contribution is -2.36. The van der Waals surface area contributed by atoms with Crippen LogP contribution in [-0.4, -0.2) is 28.4 Å². The molecule has 0 saturated heterocycles. The molecule has 0 aliphatic carbocycles. The number of hydrogen-bond donors (Lipinski definition) is 0. The average molecular weight is 288 g/mol. The molecular formula is C17H24N2S. The van der Waals surface area contributed by atoms with Gasteiger partial charge in [-0.2, -0.15) is 0 Å². The molecule has 0 spiro atoms. The van der Waals surface area contributed by atoms with Crippen LogP contribution < -0.4 is 0 Å². The van der Waals surface area contributed by atoms with E-state index in [0.29, 0.717) is 5.50 Å². The molecule has 1 heterocycles. The van der Waals surface area contributed by atoms with Crippen LogP contribution in [0.1, 0.15) is 31.4 Å². The molecule has 0 N–H and O–H groups in total. The second-order valence-corrected chi connectivity index (χ2v) is 5.99. The minimum absolute atomic E-state index is 0.444. The Hall–Kier alpha value is -1.35. The molecule has 20 heavy (non-hydrogen) atoms. The third-order valence-corrected chi connectivity index (χ3v) is 4.82. The summed E-state index contributed by atoms with van der Waals surface area (Å²) in [6, 6.07) is 8.67. The van der Waals surface area contributed by atoms with E-state index in [1.54, 1.807) is 0 Å². The van der Waals surface area contributed by atoms with Crippen LogP contribution in [0.3, 0.4) is 0 Å². The SMILES string of the molecule is C=Cc1ccc(CSC2N(CC)C=CN2CCC)cc1. The van der Waals surface area contributed by atoms with Crippen LogP contribution in [0.15, 0.2) is 43.2 Å². The van der Waals surface area contributed by atoms with E-state index < -0.39 is 0 Å². The van der Waals surface area contributed by atoms with Gasteiger partial charge in [0.05, 0.1) is 0 Å². The maximum absolute atomic E-state index is 3.79. The van der Waals surface area contributed by atoms with Gasteiger partial charge in [-0.05, 0) is 24.5 Å². The smallest absolute Gasteiger partial charge is 0.150 e. The Bertz CT molecular complexity index is 453. The molecule has 1 aromatic carbocycles. The highest BCUT2D eigenvalue weighted by atomic mass is 32.2. The molecule has 1 aliphatic rings. The first-order valence-corrected chi connectivity index (χ1v) is 8.36. The maximum atomic E-state index is 3.79. The van der Waals surface area contributed by atoms with Crippen molar-refractivity contribution in [3.63, 3.8) is 0 Å². The first kappa shape index (κ1) is 15.0. The van der Waals surface area contributed by atoms with E-state index in [1.165, 1.54) is 17.5 Å². The van der Waals surface area contributed by atoms with Gasteiger partial charge in [0, 0.05) is 31.2 Å². The first-order valence-electron chi connectivity index (χ1n) is 7.31. The van der Waals surface area contributed by atoms with E-state index in [2.05, 4.69) is 66.9 Å². The van der Waals surface area contributed by atoms with E-state index in [4.69, 9.17) is 0 Å². The Morgan fingerprint density at radius 3 is 2.45 bits per heavy atom. The van der Waals surface area contributed by atoms with E-state index >= 15 is 0 Å². The van der Waals surface area contributed by atoms with Crippen molar-refractivity contribution in [2.75, 3.05) is 13.1 Å². The average Bonchev–Trinajstić information content (AvgIpc) is 2.88. The summed E-state index contributed by atoms with van der Waals surface area (Å²) in [6.07, 6.45) is 7.52. The molecule has 0 bridgehead atoms. The standard InChI is InChI=1S/C17H24N2S/c1-4-11-19-13-12-18(6-3)17(19)20-14-16-9-7-15(5-2)8-10-16/h5,7-10,12-13,17H,2,4,6,11,14H2,1,3H3. The lowest BCUT2D eigenvalue weighted by Gasteiger charge is -2.31. The Kier molecular flexibility index (Phi) is 5.60. The molecule has 0 aromatic heterocycles. The summed E-state index contributed by atoms with van der Waals surface area (Å²) < 4.78 is 0. The Balaban J connectivity index is 1.94. The minimum Gasteiger partial charge on any atom is -0.348 e. The zero-order valence-electron chi connectivity index (χ0n) is 12.5. The predicted molar refractivity (Wildman–Crippen MR) is 90.1 cm³/mol. The van der Waals surface area contributed by atoms with Crippen LogP contribution >= 0.6 is 11.8 Å². The first-order chi connectivity index (χ1) is 9.78. The molecular weight excluding hydrogens is 264 g/mol. The molecule has 1 aliphatic heterocycles. The van der Waals surface area contributed by atoms with Crippen molar-refractivity contribution in [3.8, 4) is 0 Å². The van der Waals surface area contributed by atoms with Crippen LogP contribution in [-0.2, 0) is 5.75 Å². The van der Waals surface area contributed by atoms with E-state index in [-0.39, 0.29) is 0 Å². The number of rotatable bonds is 7. The van der Waals surface area contributed by atoms with Gasteiger partial charge in [-0.25, -0.2) is 0 Å². The van der Waals surface area contributed by atoms with Crippen LogP contribution in [0.25, 0.3) is 6.08 Å². The van der Waals surface area contributed by atoms with Gasteiger partial charge in [0.25, 0.3) is 0 Å². The van der Waals surface area contributed by atoms with Crippen LogP contribution in [0.4, 0.5) is 0 Å². The zero-order chi connectivity index (χ0) is 14.4. The van der Waals surface area contributed by atoms with E-state index in [9.17, 15) is 0 Å². The van der Waals surface area contributed by atoms with Crippen LogP contribution in [0, 0.1) is 0 Å². The summed E-state index contributed by atoms with van der Waals surface area (Å²) in [6.45, 7) is 10.4. The maximum Gasteiger partial charge on any atom is 0.150 e. The summed E-state index contributed by atoms with van der Waals surface area (Å²) in [4.78, 5) is 4.84. The second-order valence-electron chi connectivity index (χ2n) is 4.95. The highest BCUT2D eigenvalue weighted by Gasteiger charge is 2.24. The van der Waals surface area contributed by atoms with Gasteiger partial charge in [0.1, 0.15) is 5.50 Å². The number of nitrogens with zero attached hydrogens (tertiary/aromatic N) is 2. The number of thioether (sulfide) groups is 1. The summed E-state index contributed by atoms with van der Waals surface area (Å²) >= 11 is 1.99. The van der Waals surface area contributed by atoms with Gasteiger partial charge in [-0.15, -0.1) is 11.8 Å². The lowest BCUT2D eigenvalue weighted by atomic mass is 10.1. The van der Waals surface area contributed by atoms with Crippen LogP contribution in [0.2, 0.25) is 0 Å². The number of hydrogen-bond acceptors (Lipinski definition) is 3. The predicted octanol–water partition coefficient (Wildman–Crippen LogP) is 4.37. The van der Waals surface area contributed by atoms with Gasteiger partial charge in [0.15, 0.2) is 0 Å². The quantitative estimate of drug-likeness (QED) is 0.736. The van der Waals surface area contributed by atoms with Crippen molar-refractivity contribution in [2.24, 2.45) is 0 Å². The minimum atomic E-state index is 0.444. The second kappa shape index (κ2) is 7.44. The largest absolute Gasteiger partial charge is 0.348 e. The zero-order valence-corrected chi connectivity index (χ0v) is 13.3. The van der Waals surface area contributed by atoms with Gasteiger partial charge in [-0.3, -0.25) is 0 Å². The van der Waals surface area contributed by atoms with Crippen molar-refractivity contribution in [1.29, 1.82) is 0 Å². The highest BCUT2D eigenvalue weighted by Crippen LogP contribution is 2.28. The normalized spacial score (nSPS) is 17.8. The molecule has 0 amide bonds. The third-order valence-electron chi connectivity index (χ3n) is 3.48. The fourth-order valence-corrected chi connectivity index (χ4v) is 3.64. The van der Waals surface area contributed by atoms with Crippen molar-refractivity contribution in [2.45, 2.75) is 31.5 Å². The van der Waals surface area contributed by atoms with Gasteiger partial charge in [-0.1, -0.05) is 43.8 Å². The van der Waals surface area contributed by atoms with E-state index in [0.717, 1.165) is 18.8 Å². The van der Waals surface area contributed by atoms with E-state index in [1.807, 2.05) is 17.8 Å². The van der Waals surface area contributed by atoms with Gasteiger partial charge < -0.3 is 9.80 Å². The highest BCUT2D eigenvalue weighted by molar-refractivity contribution is 7.99. The summed E-state index contributed by atoms with van der Waals surface area (Å²) in [5.74, 6) is 1.04.